The predicted octanol–water partition coefficient (Wildman–Crippen LogP) is 0.438. The first-order valence-electron chi connectivity index (χ1n) is 7.70. The molecule has 0 aromatic heterocycles. The lowest BCUT2D eigenvalue weighted by Crippen LogP contribution is -2.49. The predicted molar refractivity (Wildman–Crippen MR) is 88.4 cm³/mol. The molecule has 1 fully saturated rings. The van der Waals surface area contributed by atoms with Gasteiger partial charge >= 0.3 is 5.97 Å². The molecule has 7 heteroatoms. The second-order valence-electron chi connectivity index (χ2n) is 5.34. The molecule has 1 aromatic rings. The Morgan fingerprint density at radius 1 is 1.38 bits per heavy atom. The Morgan fingerprint density at radius 3 is 2.79 bits per heavy atom. The summed E-state index contributed by atoms with van der Waals surface area (Å²) in [6.07, 6.45) is 2.50. The molecule has 1 aromatic carbocycles. The third-order valence-corrected chi connectivity index (χ3v) is 3.64. The molecule has 0 bridgehead atoms. The highest BCUT2D eigenvalue weighted by Gasteiger charge is 2.24. The van der Waals surface area contributed by atoms with Crippen LogP contribution in [0.2, 0.25) is 0 Å². The van der Waals surface area contributed by atoms with Crippen LogP contribution in [0.3, 0.4) is 0 Å². The van der Waals surface area contributed by atoms with Crippen molar-refractivity contribution in [3.8, 4) is 5.75 Å². The van der Waals surface area contributed by atoms with E-state index in [1.165, 1.54) is 13.2 Å². The number of hydrogen-bond acceptors (Lipinski definition) is 6. The largest absolute Gasteiger partial charge is 0.492 e. The van der Waals surface area contributed by atoms with Gasteiger partial charge in [0.05, 0.1) is 13.7 Å². The number of nitrogens with two attached hydrogens (primary N) is 1. The molecule has 0 radical (unpaired) electrons. The summed E-state index contributed by atoms with van der Waals surface area (Å²) in [6, 6.07) is 7.38. The number of carbonyl (C=O) groups excluding carboxylic acids is 2. The molecule has 7 nitrogen and oxygen atoms in total. The minimum atomic E-state index is -0.542. The number of carbonyl (C=O) groups is 2. The van der Waals surface area contributed by atoms with Crippen LogP contribution in [0, 0.1) is 0 Å². The van der Waals surface area contributed by atoms with Gasteiger partial charge in [-0.15, -0.1) is 0 Å². The molecule has 1 heterocycles. The number of rotatable bonds is 7. The molecular weight excluding hydrogens is 312 g/mol. The first-order valence-corrected chi connectivity index (χ1v) is 7.70. The topological polar surface area (TPSA) is 91.1 Å². The summed E-state index contributed by atoms with van der Waals surface area (Å²) < 4.78 is 15.5. The molecule has 2 N–H and O–H groups in total. The lowest BCUT2D eigenvalue weighted by Gasteiger charge is -2.31. The van der Waals surface area contributed by atoms with Crippen molar-refractivity contribution in [2.24, 2.45) is 5.73 Å². The molecule has 1 aliphatic rings. The maximum Gasteiger partial charge on any atom is 0.330 e. The lowest BCUT2D eigenvalue weighted by atomic mass is 10.2. The average molecular weight is 334 g/mol. The smallest absolute Gasteiger partial charge is 0.330 e. The van der Waals surface area contributed by atoms with Crippen LogP contribution in [0.1, 0.15) is 5.56 Å². The van der Waals surface area contributed by atoms with Crippen molar-refractivity contribution in [2.45, 2.75) is 6.10 Å². The summed E-state index contributed by atoms with van der Waals surface area (Å²) in [4.78, 5) is 24.3. The summed E-state index contributed by atoms with van der Waals surface area (Å²) in [7, 11) is 1.34. The van der Waals surface area contributed by atoms with E-state index in [1.54, 1.807) is 6.08 Å². The van der Waals surface area contributed by atoms with Crippen LogP contribution in [-0.4, -0.2) is 62.8 Å². The minimum absolute atomic E-state index is 0.393. The second-order valence-corrected chi connectivity index (χ2v) is 5.34. The van der Waals surface area contributed by atoms with Gasteiger partial charge in [-0.25, -0.2) is 4.79 Å². The van der Waals surface area contributed by atoms with Crippen LogP contribution in [0.4, 0.5) is 0 Å². The van der Waals surface area contributed by atoms with Crippen LogP contribution in [0.25, 0.3) is 6.08 Å². The van der Waals surface area contributed by atoms with Gasteiger partial charge in [-0.1, -0.05) is 12.1 Å². The third-order valence-electron chi connectivity index (χ3n) is 3.64. The van der Waals surface area contributed by atoms with Crippen molar-refractivity contribution >= 4 is 18.0 Å². The molecule has 24 heavy (non-hydrogen) atoms. The summed E-state index contributed by atoms with van der Waals surface area (Å²) in [6.45, 7) is 2.94. The molecule has 0 aliphatic carbocycles. The van der Waals surface area contributed by atoms with Gasteiger partial charge < -0.3 is 19.9 Å². The molecule has 1 amide bonds. The second kappa shape index (κ2) is 9.05. The maximum absolute atomic E-state index is 11.1. The van der Waals surface area contributed by atoms with Gasteiger partial charge in [0.15, 0.2) is 0 Å². The van der Waals surface area contributed by atoms with Crippen molar-refractivity contribution in [1.82, 2.24) is 4.90 Å². The average Bonchev–Trinajstić information content (AvgIpc) is 2.61. The van der Waals surface area contributed by atoms with E-state index in [4.69, 9.17) is 15.2 Å². The number of nitrogens with zero attached hydrogens (tertiary/aromatic N) is 1. The summed E-state index contributed by atoms with van der Waals surface area (Å²) >= 11 is 0. The fourth-order valence-corrected chi connectivity index (χ4v) is 2.28. The van der Waals surface area contributed by atoms with Crippen LogP contribution < -0.4 is 10.5 Å². The van der Waals surface area contributed by atoms with Crippen LogP contribution in [-0.2, 0) is 19.1 Å². The van der Waals surface area contributed by atoms with Crippen molar-refractivity contribution < 1.29 is 23.8 Å². The number of primary amides is 1. The van der Waals surface area contributed by atoms with E-state index in [-0.39, 0.29) is 0 Å². The summed E-state index contributed by atoms with van der Waals surface area (Å²) in [5.41, 5.74) is 6.14. The van der Waals surface area contributed by atoms with Crippen LogP contribution >= 0.6 is 0 Å². The summed E-state index contributed by atoms with van der Waals surface area (Å²) in [5, 5.41) is 0. The van der Waals surface area contributed by atoms with Crippen molar-refractivity contribution in [1.29, 1.82) is 0 Å². The van der Waals surface area contributed by atoms with Gasteiger partial charge in [0.25, 0.3) is 0 Å². The highest BCUT2D eigenvalue weighted by molar-refractivity contribution is 5.86. The standard InChI is InChI=1S/C17H22N2O5/c1-22-16(20)7-4-13-2-5-14(6-3-13)23-10-8-19-9-11-24-15(12-19)17(18)21/h2-7,15H,8-12H2,1H3,(H2,18,21). The van der Waals surface area contributed by atoms with E-state index in [1.807, 2.05) is 24.3 Å². The van der Waals surface area contributed by atoms with E-state index in [2.05, 4.69) is 9.64 Å². The van der Waals surface area contributed by atoms with Crippen molar-refractivity contribution in [3.05, 3.63) is 35.9 Å². The van der Waals surface area contributed by atoms with Gasteiger partial charge in [0.1, 0.15) is 18.5 Å². The molecule has 2 rings (SSSR count). The monoisotopic (exact) mass is 334 g/mol. The van der Waals surface area contributed by atoms with Crippen LogP contribution in [0.5, 0.6) is 5.75 Å². The zero-order valence-corrected chi connectivity index (χ0v) is 13.6. The SMILES string of the molecule is COC(=O)C=Cc1ccc(OCCN2CCOC(C(N)=O)C2)cc1. The van der Waals surface area contributed by atoms with Crippen molar-refractivity contribution in [2.75, 3.05) is 40.0 Å². The van der Waals surface area contributed by atoms with Gasteiger partial charge in [-0.05, 0) is 23.8 Å². The van der Waals surface area contributed by atoms with E-state index < -0.39 is 18.0 Å². The van der Waals surface area contributed by atoms with Gasteiger partial charge in [-0.2, -0.15) is 0 Å². The minimum Gasteiger partial charge on any atom is -0.492 e. The van der Waals surface area contributed by atoms with Gasteiger partial charge in [-0.3, -0.25) is 9.69 Å². The zero-order chi connectivity index (χ0) is 17.4. The zero-order valence-electron chi connectivity index (χ0n) is 13.6. The number of amides is 1. The molecule has 1 atom stereocenters. The number of hydrogen-bond donors (Lipinski definition) is 1. The Kier molecular flexibility index (Phi) is 6.77. The Morgan fingerprint density at radius 2 is 2.12 bits per heavy atom. The highest BCUT2D eigenvalue weighted by atomic mass is 16.5. The van der Waals surface area contributed by atoms with Crippen LogP contribution in [0.15, 0.2) is 30.3 Å². The molecule has 0 spiro atoms. The van der Waals surface area contributed by atoms with Gasteiger partial charge in [0.2, 0.25) is 5.91 Å². The Balaban J connectivity index is 1.75. The van der Waals surface area contributed by atoms with E-state index in [0.717, 1.165) is 17.9 Å². The number of esters is 1. The highest BCUT2D eigenvalue weighted by Crippen LogP contribution is 2.13. The number of methoxy groups -OCH3 is 1. The molecule has 0 saturated carbocycles. The van der Waals surface area contributed by atoms with Gasteiger partial charge in [0, 0.05) is 25.7 Å². The number of morpholine rings is 1. The Bertz CT molecular complexity index is 585. The lowest BCUT2D eigenvalue weighted by molar-refractivity contribution is -0.135. The number of benzene rings is 1. The van der Waals surface area contributed by atoms with E-state index >= 15 is 0 Å². The fraction of sp³-hybridized carbons (Fsp3) is 0.412. The molecule has 1 aliphatic heterocycles. The first-order chi connectivity index (χ1) is 11.6. The summed E-state index contributed by atoms with van der Waals surface area (Å²) in [5.74, 6) is -0.0868. The number of ether oxygens (including phenoxy) is 3. The molecule has 130 valence electrons. The van der Waals surface area contributed by atoms with E-state index in [0.29, 0.717) is 26.3 Å². The molecule has 1 saturated heterocycles. The molecular formula is C17H22N2O5. The fourth-order valence-electron chi connectivity index (χ4n) is 2.28. The van der Waals surface area contributed by atoms with Crippen molar-refractivity contribution in [3.63, 3.8) is 0 Å². The quantitative estimate of drug-likeness (QED) is 0.575. The normalized spacial score (nSPS) is 18.5. The van der Waals surface area contributed by atoms with E-state index in [9.17, 15) is 9.59 Å². The third kappa shape index (κ3) is 5.68. The Hall–Kier alpha value is -2.38. The molecule has 1 unspecified atom stereocenters. The Labute approximate surface area is 141 Å². The first kappa shape index (κ1) is 18.0. The maximum atomic E-state index is 11.1.